The highest BCUT2D eigenvalue weighted by atomic mass is 16.6. The van der Waals surface area contributed by atoms with Gasteiger partial charge in [-0.05, 0) is 58.8 Å². The van der Waals surface area contributed by atoms with Gasteiger partial charge in [-0.1, -0.05) is 25.5 Å². The summed E-state index contributed by atoms with van der Waals surface area (Å²) < 4.78 is 5.28. The van der Waals surface area contributed by atoms with Gasteiger partial charge in [0, 0.05) is 6.04 Å². The van der Waals surface area contributed by atoms with Crippen molar-refractivity contribution in [3.05, 3.63) is 12.2 Å². The lowest BCUT2D eigenvalue weighted by Gasteiger charge is -2.28. The topological polar surface area (TPSA) is 38.3 Å². The predicted octanol–water partition coefficient (Wildman–Crippen LogP) is 4.43. The number of alkyl carbamates (subject to hydrolysis) is 1. The smallest absolute Gasteiger partial charge is 0.407 e. The molecule has 1 N–H and O–H groups in total. The van der Waals surface area contributed by atoms with E-state index in [2.05, 4.69) is 24.4 Å². The van der Waals surface area contributed by atoms with Gasteiger partial charge in [0.1, 0.15) is 5.60 Å². The van der Waals surface area contributed by atoms with Crippen LogP contribution in [0.25, 0.3) is 0 Å². The first-order chi connectivity index (χ1) is 8.90. The molecule has 0 heterocycles. The molecule has 0 saturated heterocycles. The molecule has 3 nitrogen and oxygen atoms in total. The third-order valence-electron chi connectivity index (χ3n) is 3.36. The van der Waals surface area contributed by atoms with E-state index >= 15 is 0 Å². The van der Waals surface area contributed by atoms with Gasteiger partial charge in [0.25, 0.3) is 0 Å². The second kappa shape index (κ2) is 7.56. The maximum absolute atomic E-state index is 11.7. The fourth-order valence-electron chi connectivity index (χ4n) is 2.39. The van der Waals surface area contributed by atoms with E-state index in [1.54, 1.807) is 0 Å². The first-order valence-electron chi connectivity index (χ1n) is 7.57. The molecule has 1 fully saturated rings. The molecule has 1 aliphatic carbocycles. The summed E-state index contributed by atoms with van der Waals surface area (Å²) in [6.45, 7) is 7.87. The van der Waals surface area contributed by atoms with Gasteiger partial charge in [0.05, 0.1) is 0 Å². The first-order valence-corrected chi connectivity index (χ1v) is 7.57. The van der Waals surface area contributed by atoms with Gasteiger partial charge < -0.3 is 10.1 Å². The minimum Gasteiger partial charge on any atom is -0.444 e. The number of allylic oxidation sites excluding steroid dienone is 2. The maximum atomic E-state index is 11.7. The second-order valence-corrected chi connectivity index (χ2v) is 6.47. The molecule has 1 amide bonds. The summed E-state index contributed by atoms with van der Waals surface area (Å²) >= 11 is 0. The van der Waals surface area contributed by atoms with E-state index in [1.165, 1.54) is 25.7 Å². The number of ether oxygens (including phenoxy) is 1. The van der Waals surface area contributed by atoms with Gasteiger partial charge in [0.2, 0.25) is 0 Å². The molecule has 0 bridgehead atoms. The Labute approximate surface area is 117 Å². The predicted molar refractivity (Wildman–Crippen MR) is 79.2 cm³/mol. The van der Waals surface area contributed by atoms with Crippen LogP contribution in [0.3, 0.4) is 0 Å². The SMILES string of the molecule is CCC/C=C/C1CCC(NC(=O)OC(C)(C)C)CC1. The van der Waals surface area contributed by atoms with E-state index in [1.807, 2.05) is 20.8 Å². The molecule has 1 saturated carbocycles. The van der Waals surface area contributed by atoms with Crippen molar-refractivity contribution in [3.63, 3.8) is 0 Å². The summed E-state index contributed by atoms with van der Waals surface area (Å²) in [6.07, 6.45) is 11.2. The quantitative estimate of drug-likeness (QED) is 0.765. The fraction of sp³-hybridized carbons (Fsp3) is 0.812. The number of nitrogens with one attached hydrogen (secondary N) is 1. The lowest BCUT2D eigenvalue weighted by atomic mass is 9.86. The number of hydrogen-bond donors (Lipinski definition) is 1. The van der Waals surface area contributed by atoms with Gasteiger partial charge in [-0.25, -0.2) is 4.79 Å². The van der Waals surface area contributed by atoms with Crippen LogP contribution in [0.15, 0.2) is 12.2 Å². The molecule has 0 aromatic carbocycles. The van der Waals surface area contributed by atoms with Crippen LogP contribution in [0.1, 0.15) is 66.2 Å². The number of hydrogen-bond acceptors (Lipinski definition) is 2. The Bertz CT molecular complexity index is 296. The lowest BCUT2D eigenvalue weighted by Crippen LogP contribution is -2.40. The van der Waals surface area contributed by atoms with Crippen LogP contribution in [0.5, 0.6) is 0 Å². The molecular formula is C16H29NO2. The van der Waals surface area contributed by atoms with Crippen LogP contribution in [0.4, 0.5) is 4.79 Å². The molecule has 110 valence electrons. The third kappa shape index (κ3) is 7.24. The monoisotopic (exact) mass is 267 g/mol. The molecule has 0 aromatic rings. The van der Waals surface area contributed by atoms with Crippen LogP contribution < -0.4 is 5.32 Å². The molecule has 0 aliphatic heterocycles. The zero-order chi connectivity index (χ0) is 14.3. The fourth-order valence-corrected chi connectivity index (χ4v) is 2.39. The van der Waals surface area contributed by atoms with Gasteiger partial charge in [0.15, 0.2) is 0 Å². The van der Waals surface area contributed by atoms with E-state index in [9.17, 15) is 4.79 Å². The first kappa shape index (κ1) is 16.1. The highest BCUT2D eigenvalue weighted by Crippen LogP contribution is 2.25. The molecule has 0 aromatic heterocycles. The Morgan fingerprint density at radius 2 is 1.89 bits per heavy atom. The van der Waals surface area contributed by atoms with Gasteiger partial charge in [-0.2, -0.15) is 0 Å². The van der Waals surface area contributed by atoms with Crippen LogP contribution in [0, 0.1) is 5.92 Å². The molecular weight excluding hydrogens is 238 g/mol. The highest BCUT2D eigenvalue weighted by Gasteiger charge is 2.23. The molecule has 0 unspecified atom stereocenters. The Morgan fingerprint density at radius 3 is 2.42 bits per heavy atom. The summed E-state index contributed by atoms with van der Waals surface area (Å²) in [5.74, 6) is 0.697. The van der Waals surface area contributed by atoms with Crippen molar-refractivity contribution in [1.29, 1.82) is 0 Å². The Morgan fingerprint density at radius 1 is 1.26 bits per heavy atom. The zero-order valence-electron chi connectivity index (χ0n) is 12.9. The minimum absolute atomic E-state index is 0.280. The average Bonchev–Trinajstić information content (AvgIpc) is 2.29. The summed E-state index contributed by atoms with van der Waals surface area (Å²) in [4.78, 5) is 11.7. The molecule has 0 spiro atoms. The largest absolute Gasteiger partial charge is 0.444 e. The van der Waals surface area contributed by atoms with Gasteiger partial charge >= 0.3 is 6.09 Å². The number of unbranched alkanes of at least 4 members (excludes halogenated alkanes) is 1. The van der Waals surface area contributed by atoms with E-state index in [-0.39, 0.29) is 12.1 Å². The second-order valence-electron chi connectivity index (χ2n) is 6.47. The zero-order valence-corrected chi connectivity index (χ0v) is 12.9. The normalized spacial score (nSPS) is 24.4. The van der Waals surface area contributed by atoms with E-state index < -0.39 is 5.60 Å². The molecule has 19 heavy (non-hydrogen) atoms. The van der Waals surface area contributed by atoms with Crippen molar-refractivity contribution in [2.75, 3.05) is 0 Å². The number of carbonyl (C=O) groups excluding carboxylic acids is 1. The third-order valence-corrected chi connectivity index (χ3v) is 3.36. The summed E-state index contributed by atoms with van der Waals surface area (Å²) in [7, 11) is 0. The molecule has 0 radical (unpaired) electrons. The molecule has 1 rings (SSSR count). The van der Waals surface area contributed by atoms with E-state index in [0.29, 0.717) is 5.92 Å². The molecule has 1 aliphatic rings. The van der Waals surface area contributed by atoms with Gasteiger partial charge in [-0.3, -0.25) is 0 Å². The average molecular weight is 267 g/mol. The lowest BCUT2D eigenvalue weighted by molar-refractivity contribution is 0.0490. The van der Waals surface area contributed by atoms with Crippen LogP contribution in [0.2, 0.25) is 0 Å². The van der Waals surface area contributed by atoms with E-state index in [0.717, 1.165) is 12.8 Å². The van der Waals surface area contributed by atoms with Crippen molar-refractivity contribution in [1.82, 2.24) is 5.32 Å². The van der Waals surface area contributed by atoms with Crippen molar-refractivity contribution < 1.29 is 9.53 Å². The number of amides is 1. The van der Waals surface area contributed by atoms with E-state index in [4.69, 9.17) is 4.74 Å². The number of carbonyl (C=O) groups is 1. The minimum atomic E-state index is -0.413. The van der Waals surface area contributed by atoms with Crippen LogP contribution in [-0.2, 0) is 4.74 Å². The molecule has 0 atom stereocenters. The Hall–Kier alpha value is -0.990. The van der Waals surface area contributed by atoms with Gasteiger partial charge in [-0.15, -0.1) is 0 Å². The van der Waals surface area contributed by atoms with Crippen molar-refractivity contribution >= 4 is 6.09 Å². The summed E-state index contributed by atoms with van der Waals surface area (Å²) in [5, 5.41) is 2.98. The van der Waals surface area contributed by atoms with Crippen molar-refractivity contribution in [3.8, 4) is 0 Å². The summed E-state index contributed by atoms with van der Waals surface area (Å²) in [5.41, 5.74) is -0.413. The maximum Gasteiger partial charge on any atom is 0.407 e. The van der Waals surface area contributed by atoms with Crippen molar-refractivity contribution in [2.45, 2.75) is 77.9 Å². The van der Waals surface area contributed by atoms with Crippen molar-refractivity contribution in [2.24, 2.45) is 5.92 Å². The molecule has 3 heteroatoms. The van der Waals surface area contributed by atoms with Crippen LogP contribution in [-0.4, -0.2) is 17.7 Å². The highest BCUT2D eigenvalue weighted by molar-refractivity contribution is 5.68. The summed E-state index contributed by atoms with van der Waals surface area (Å²) in [6, 6.07) is 0.283. The van der Waals surface area contributed by atoms with Crippen LogP contribution >= 0.6 is 0 Å². The number of rotatable bonds is 4. The standard InChI is InChI=1S/C16H29NO2/c1-5-6-7-8-13-9-11-14(12-10-13)17-15(18)19-16(2,3)4/h7-8,13-14H,5-6,9-12H2,1-4H3,(H,17,18)/b8-7+. The Kier molecular flexibility index (Phi) is 6.40. The Balaban J connectivity index is 2.25.